The molecule has 8 atom stereocenters. The van der Waals surface area contributed by atoms with Gasteiger partial charge in [-0.05, 0) is 73.7 Å². The number of hydrazine groups is 1. The van der Waals surface area contributed by atoms with Crippen molar-refractivity contribution in [2.24, 2.45) is 41.4 Å². The van der Waals surface area contributed by atoms with Crippen molar-refractivity contribution in [3.63, 3.8) is 0 Å². The van der Waals surface area contributed by atoms with E-state index in [2.05, 4.69) is 29.1 Å². The smallest absolute Gasteiger partial charge is 0.307 e. The lowest BCUT2D eigenvalue weighted by atomic mass is 9.54. The van der Waals surface area contributed by atoms with Crippen LogP contribution in [0.25, 0.3) is 0 Å². The SMILES string of the molecule is CC(=O)OC1=CCC2C1C=CC1C3CC4CNNC4CC3CCC12. The van der Waals surface area contributed by atoms with Gasteiger partial charge in [0.05, 0.1) is 0 Å². The van der Waals surface area contributed by atoms with Crippen LogP contribution in [0.15, 0.2) is 24.0 Å². The summed E-state index contributed by atoms with van der Waals surface area (Å²) in [5, 5.41) is 0. The second-order valence-electron chi connectivity index (χ2n) is 8.62. The van der Waals surface area contributed by atoms with Crippen LogP contribution < -0.4 is 10.9 Å². The lowest BCUT2D eigenvalue weighted by Gasteiger charge is -2.51. The van der Waals surface area contributed by atoms with Crippen LogP contribution in [0.3, 0.4) is 0 Å². The van der Waals surface area contributed by atoms with Gasteiger partial charge in [0.15, 0.2) is 0 Å². The van der Waals surface area contributed by atoms with Gasteiger partial charge >= 0.3 is 5.97 Å². The van der Waals surface area contributed by atoms with E-state index in [0.29, 0.717) is 17.9 Å². The molecule has 1 aliphatic heterocycles. The average molecular weight is 328 g/mol. The number of fused-ring (bicyclic) bond motifs is 6. The Hall–Kier alpha value is -1.13. The van der Waals surface area contributed by atoms with Crippen LogP contribution in [0.1, 0.15) is 39.0 Å². The van der Waals surface area contributed by atoms with E-state index in [4.69, 9.17) is 4.74 Å². The molecule has 5 aliphatic rings. The summed E-state index contributed by atoms with van der Waals surface area (Å²) >= 11 is 0. The first kappa shape index (κ1) is 15.2. The van der Waals surface area contributed by atoms with Crippen molar-refractivity contribution in [2.75, 3.05) is 6.54 Å². The summed E-state index contributed by atoms with van der Waals surface area (Å²) in [5.41, 5.74) is 6.88. The molecular weight excluding hydrogens is 300 g/mol. The van der Waals surface area contributed by atoms with Crippen molar-refractivity contribution in [3.05, 3.63) is 24.0 Å². The predicted octanol–water partition coefficient (Wildman–Crippen LogP) is 2.78. The molecule has 2 saturated carbocycles. The number of esters is 1. The highest BCUT2D eigenvalue weighted by molar-refractivity contribution is 5.67. The topological polar surface area (TPSA) is 50.4 Å². The van der Waals surface area contributed by atoms with E-state index in [0.717, 1.165) is 48.3 Å². The quantitative estimate of drug-likeness (QED) is 0.574. The minimum absolute atomic E-state index is 0.180. The van der Waals surface area contributed by atoms with Gasteiger partial charge in [-0.15, -0.1) is 0 Å². The number of rotatable bonds is 1. The van der Waals surface area contributed by atoms with E-state index in [1.54, 1.807) is 0 Å². The van der Waals surface area contributed by atoms with Gasteiger partial charge in [0.1, 0.15) is 5.76 Å². The zero-order chi connectivity index (χ0) is 16.3. The maximum Gasteiger partial charge on any atom is 0.307 e. The average Bonchev–Trinajstić information content (AvgIpc) is 3.18. The van der Waals surface area contributed by atoms with E-state index < -0.39 is 0 Å². The van der Waals surface area contributed by atoms with Gasteiger partial charge in [0.2, 0.25) is 0 Å². The second kappa shape index (κ2) is 5.70. The Morgan fingerprint density at radius 2 is 2.04 bits per heavy atom. The summed E-state index contributed by atoms with van der Waals surface area (Å²) in [6.45, 7) is 2.65. The molecule has 3 fully saturated rings. The zero-order valence-electron chi connectivity index (χ0n) is 14.4. The molecule has 1 saturated heterocycles. The second-order valence-corrected chi connectivity index (χ2v) is 8.62. The van der Waals surface area contributed by atoms with Crippen LogP contribution in [0, 0.1) is 41.4 Å². The molecule has 0 aromatic rings. The lowest BCUT2D eigenvalue weighted by Crippen LogP contribution is -2.47. The third kappa shape index (κ3) is 2.30. The lowest BCUT2D eigenvalue weighted by molar-refractivity contribution is -0.137. The Labute approximate surface area is 144 Å². The zero-order valence-corrected chi connectivity index (χ0v) is 14.4. The summed E-state index contributed by atoms with van der Waals surface area (Å²) in [7, 11) is 0. The van der Waals surface area contributed by atoms with Crippen LogP contribution in [0.2, 0.25) is 0 Å². The summed E-state index contributed by atoms with van der Waals surface area (Å²) < 4.78 is 5.48. The van der Waals surface area contributed by atoms with Gasteiger partial charge in [-0.2, -0.15) is 0 Å². The molecule has 130 valence electrons. The van der Waals surface area contributed by atoms with E-state index in [1.807, 2.05) is 0 Å². The van der Waals surface area contributed by atoms with Crippen molar-refractivity contribution in [1.29, 1.82) is 0 Å². The third-order valence-corrected chi connectivity index (χ3v) is 7.55. The Kier molecular flexibility index (Phi) is 3.60. The van der Waals surface area contributed by atoms with Crippen LogP contribution >= 0.6 is 0 Å². The van der Waals surface area contributed by atoms with Gasteiger partial charge in [0.25, 0.3) is 0 Å². The van der Waals surface area contributed by atoms with Crippen molar-refractivity contribution < 1.29 is 9.53 Å². The molecule has 0 aromatic carbocycles. The molecule has 0 aromatic heterocycles. The monoisotopic (exact) mass is 328 g/mol. The molecule has 4 nitrogen and oxygen atoms in total. The van der Waals surface area contributed by atoms with Gasteiger partial charge < -0.3 is 4.74 Å². The highest BCUT2D eigenvalue weighted by Crippen LogP contribution is 2.56. The summed E-state index contributed by atoms with van der Waals surface area (Å²) in [4.78, 5) is 11.4. The van der Waals surface area contributed by atoms with E-state index >= 15 is 0 Å². The largest absolute Gasteiger partial charge is 0.431 e. The van der Waals surface area contributed by atoms with E-state index in [9.17, 15) is 4.79 Å². The maximum absolute atomic E-state index is 11.4. The number of carbonyl (C=O) groups is 1. The summed E-state index contributed by atoms with van der Waals surface area (Å²) in [5.74, 6) is 5.84. The fourth-order valence-corrected chi connectivity index (χ4v) is 6.58. The number of hydrogen-bond acceptors (Lipinski definition) is 4. The molecule has 2 N–H and O–H groups in total. The van der Waals surface area contributed by atoms with Gasteiger partial charge in [0, 0.05) is 25.4 Å². The summed E-state index contributed by atoms with van der Waals surface area (Å²) in [6.07, 6.45) is 13.6. The Morgan fingerprint density at radius 1 is 1.12 bits per heavy atom. The number of nitrogens with one attached hydrogen (secondary N) is 2. The number of hydrogen-bond donors (Lipinski definition) is 2. The molecule has 4 aliphatic carbocycles. The molecule has 0 radical (unpaired) electrons. The third-order valence-electron chi connectivity index (χ3n) is 7.55. The highest BCUT2D eigenvalue weighted by atomic mass is 16.5. The number of carbonyl (C=O) groups excluding carboxylic acids is 1. The number of ether oxygens (including phenoxy) is 1. The van der Waals surface area contributed by atoms with Crippen LogP contribution in [0.5, 0.6) is 0 Å². The molecule has 24 heavy (non-hydrogen) atoms. The first-order valence-electron chi connectivity index (χ1n) is 9.76. The van der Waals surface area contributed by atoms with Crippen LogP contribution in [0.4, 0.5) is 0 Å². The van der Waals surface area contributed by atoms with Crippen LogP contribution in [-0.4, -0.2) is 18.6 Å². The first-order chi connectivity index (χ1) is 11.7. The first-order valence-corrected chi connectivity index (χ1v) is 9.76. The molecule has 0 amide bonds. The predicted molar refractivity (Wildman–Crippen MR) is 91.4 cm³/mol. The van der Waals surface area contributed by atoms with E-state index in [-0.39, 0.29) is 5.97 Å². The van der Waals surface area contributed by atoms with Crippen molar-refractivity contribution in [1.82, 2.24) is 10.9 Å². The molecule has 8 unspecified atom stereocenters. The van der Waals surface area contributed by atoms with Gasteiger partial charge in [-0.1, -0.05) is 12.2 Å². The Morgan fingerprint density at radius 3 is 2.92 bits per heavy atom. The van der Waals surface area contributed by atoms with E-state index in [1.165, 1.54) is 32.6 Å². The van der Waals surface area contributed by atoms with Crippen molar-refractivity contribution >= 4 is 5.97 Å². The van der Waals surface area contributed by atoms with Crippen LogP contribution in [-0.2, 0) is 9.53 Å². The fraction of sp³-hybridized carbons (Fsp3) is 0.750. The molecule has 0 bridgehead atoms. The van der Waals surface area contributed by atoms with Gasteiger partial charge in [-0.25, -0.2) is 0 Å². The maximum atomic E-state index is 11.4. The Bertz CT molecular complexity index is 598. The molecule has 4 heteroatoms. The fourth-order valence-electron chi connectivity index (χ4n) is 6.58. The normalized spacial score (nSPS) is 48.8. The Balaban J connectivity index is 1.37. The van der Waals surface area contributed by atoms with Crippen molar-refractivity contribution in [3.8, 4) is 0 Å². The number of allylic oxidation sites excluding steroid dienone is 3. The molecule has 0 spiro atoms. The summed E-state index contributed by atoms with van der Waals surface area (Å²) in [6, 6.07) is 0.701. The minimum atomic E-state index is -0.180. The van der Waals surface area contributed by atoms with Gasteiger partial charge in [-0.3, -0.25) is 15.6 Å². The standard InChI is InChI=1S/C20H28N2O2/c1-11(23)24-20-7-6-15-14-3-2-12-9-19-13(10-21-22-19)8-18(12)16(14)4-5-17(15)20/h4-5,7,12-19,21-22H,2-3,6,8-10H2,1H3. The highest BCUT2D eigenvalue weighted by Gasteiger charge is 2.51. The molecular formula is C20H28N2O2. The molecule has 5 rings (SSSR count). The van der Waals surface area contributed by atoms with Crippen molar-refractivity contribution in [2.45, 2.75) is 45.1 Å². The minimum Gasteiger partial charge on any atom is -0.431 e. The molecule has 1 heterocycles.